The first-order valence-electron chi connectivity index (χ1n) is 10.6. The van der Waals surface area contributed by atoms with Crippen molar-refractivity contribution in [1.82, 2.24) is 9.27 Å². The number of benzene rings is 2. The Bertz CT molecular complexity index is 1110. The Labute approximate surface area is 181 Å². The summed E-state index contributed by atoms with van der Waals surface area (Å²) in [6, 6.07) is 12.1. The molecule has 2 aromatic carbocycles. The van der Waals surface area contributed by atoms with E-state index in [-0.39, 0.29) is 5.82 Å². The molecule has 2 aliphatic rings. The van der Waals surface area contributed by atoms with E-state index in [4.69, 9.17) is 0 Å². The van der Waals surface area contributed by atoms with E-state index in [1.807, 2.05) is 6.07 Å². The van der Waals surface area contributed by atoms with Gasteiger partial charge in [0.1, 0.15) is 11.6 Å². The predicted octanol–water partition coefficient (Wildman–Crippen LogP) is 5.02. The van der Waals surface area contributed by atoms with Gasteiger partial charge in [-0.05, 0) is 67.2 Å². The monoisotopic (exact) mass is 422 g/mol. The van der Waals surface area contributed by atoms with E-state index in [9.17, 15) is 4.39 Å². The van der Waals surface area contributed by atoms with Crippen LogP contribution in [0, 0.1) is 5.82 Å². The maximum absolute atomic E-state index is 14.0. The summed E-state index contributed by atoms with van der Waals surface area (Å²) in [7, 11) is 0. The summed E-state index contributed by atoms with van der Waals surface area (Å²) >= 11 is 1.26. The van der Waals surface area contributed by atoms with Gasteiger partial charge in [-0.15, -0.1) is 0 Å². The lowest BCUT2D eigenvalue weighted by Crippen LogP contribution is -2.47. The molecule has 4 nitrogen and oxygen atoms in total. The normalized spacial score (nSPS) is 17.4. The number of rotatable bonds is 4. The summed E-state index contributed by atoms with van der Waals surface area (Å²) in [5.41, 5.74) is 6.83. The molecule has 1 saturated heterocycles. The molecule has 6 heteroatoms. The molecule has 0 aliphatic carbocycles. The fourth-order valence-electron chi connectivity index (χ4n) is 4.42. The van der Waals surface area contributed by atoms with Crippen LogP contribution in [0.1, 0.15) is 25.0 Å². The third-order valence-electron chi connectivity index (χ3n) is 6.49. The molecule has 0 unspecified atom stereocenters. The molecule has 2 aliphatic heterocycles. The zero-order valence-electron chi connectivity index (χ0n) is 17.5. The molecule has 5 rings (SSSR count). The summed E-state index contributed by atoms with van der Waals surface area (Å²) in [5, 5.41) is 4.45. The number of anilines is 2. The van der Waals surface area contributed by atoms with E-state index in [2.05, 4.69) is 51.5 Å². The van der Waals surface area contributed by atoms with E-state index in [1.165, 1.54) is 45.6 Å². The Morgan fingerprint density at radius 3 is 2.77 bits per heavy atom. The Balaban J connectivity index is 1.21. The quantitative estimate of drug-likeness (QED) is 0.640. The highest BCUT2D eigenvalue weighted by atomic mass is 32.1. The Kier molecular flexibility index (Phi) is 5.21. The molecule has 0 radical (unpaired) electrons. The number of hydrogen-bond donors (Lipinski definition) is 1. The van der Waals surface area contributed by atoms with Crippen molar-refractivity contribution in [3.63, 3.8) is 0 Å². The Morgan fingerprint density at radius 1 is 1.10 bits per heavy atom. The second-order valence-corrected chi connectivity index (χ2v) is 9.11. The second-order valence-electron chi connectivity index (χ2n) is 8.34. The van der Waals surface area contributed by atoms with Crippen molar-refractivity contribution in [1.29, 1.82) is 0 Å². The number of allylic oxidation sites excluding steroid dienone is 1. The fraction of sp³-hybridized carbons (Fsp3) is 0.375. The Morgan fingerprint density at radius 2 is 1.93 bits per heavy atom. The highest BCUT2D eigenvalue weighted by Crippen LogP contribution is 2.33. The van der Waals surface area contributed by atoms with Crippen molar-refractivity contribution in [3.8, 4) is 0 Å². The lowest BCUT2D eigenvalue weighted by molar-refractivity contribution is 0.261. The lowest BCUT2D eigenvalue weighted by Gasteiger charge is -2.35. The molecule has 3 aromatic rings. The molecule has 156 valence electrons. The van der Waals surface area contributed by atoms with Crippen molar-refractivity contribution in [3.05, 3.63) is 58.9 Å². The van der Waals surface area contributed by atoms with Crippen molar-refractivity contribution >= 4 is 38.7 Å². The molecule has 0 bridgehead atoms. The van der Waals surface area contributed by atoms with Crippen molar-refractivity contribution in [2.45, 2.75) is 20.3 Å². The fourth-order valence-corrected chi connectivity index (χ4v) is 5.22. The topological polar surface area (TPSA) is 31.4 Å². The second kappa shape index (κ2) is 8.00. The molecule has 1 fully saturated rings. The van der Waals surface area contributed by atoms with Gasteiger partial charge in [-0.25, -0.2) is 4.39 Å². The van der Waals surface area contributed by atoms with Crippen LogP contribution in [0.5, 0.6) is 0 Å². The molecule has 0 amide bonds. The van der Waals surface area contributed by atoms with Gasteiger partial charge in [0, 0.05) is 55.9 Å². The van der Waals surface area contributed by atoms with Crippen LogP contribution in [0.2, 0.25) is 0 Å². The van der Waals surface area contributed by atoms with Crippen LogP contribution >= 0.6 is 11.5 Å². The van der Waals surface area contributed by atoms with Crippen LogP contribution in [-0.2, 0) is 6.42 Å². The molecule has 1 N–H and O–H groups in total. The third kappa shape index (κ3) is 3.59. The predicted molar refractivity (Wildman–Crippen MR) is 125 cm³/mol. The van der Waals surface area contributed by atoms with Crippen molar-refractivity contribution < 1.29 is 4.39 Å². The molecule has 0 atom stereocenters. The number of hydrogen-bond acceptors (Lipinski definition) is 5. The average Bonchev–Trinajstić information content (AvgIpc) is 3.21. The van der Waals surface area contributed by atoms with E-state index < -0.39 is 0 Å². The summed E-state index contributed by atoms with van der Waals surface area (Å²) < 4.78 is 19.2. The third-order valence-corrected chi connectivity index (χ3v) is 7.35. The van der Waals surface area contributed by atoms with Crippen LogP contribution in [-0.4, -0.2) is 48.5 Å². The van der Waals surface area contributed by atoms with Crippen molar-refractivity contribution in [2.24, 2.45) is 0 Å². The standard InChI is InChI=1S/C24H27FN4S/c1-16-15-26-22-7-6-18(14-20(22)17(16)2)8-9-28-10-12-29(13-11-28)24-19-4-3-5-21(25)23(19)30-27-24/h3-7,14,26H,8-13,15H2,1-2H3. The van der Waals surface area contributed by atoms with E-state index >= 15 is 0 Å². The highest BCUT2D eigenvalue weighted by Gasteiger charge is 2.21. The first kappa shape index (κ1) is 19.5. The van der Waals surface area contributed by atoms with Crippen LogP contribution in [0.15, 0.2) is 42.0 Å². The van der Waals surface area contributed by atoms with Gasteiger partial charge in [-0.1, -0.05) is 17.7 Å². The smallest absolute Gasteiger partial charge is 0.150 e. The van der Waals surface area contributed by atoms with E-state index in [1.54, 1.807) is 6.07 Å². The zero-order chi connectivity index (χ0) is 20.7. The number of halogens is 1. The summed E-state index contributed by atoms with van der Waals surface area (Å²) in [6.07, 6.45) is 1.06. The summed E-state index contributed by atoms with van der Waals surface area (Å²) in [6.45, 7) is 10.3. The maximum atomic E-state index is 14.0. The van der Waals surface area contributed by atoms with Gasteiger partial charge in [0.05, 0.1) is 4.70 Å². The average molecular weight is 423 g/mol. The van der Waals surface area contributed by atoms with Crippen molar-refractivity contribution in [2.75, 3.05) is 49.5 Å². The van der Waals surface area contributed by atoms with Gasteiger partial charge in [0.15, 0.2) is 0 Å². The maximum Gasteiger partial charge on any atom is 0.150 e. The van der Waals surface area contributed by atoms with Crippen LogP contribution in [0.4, 0.5) is 15.9 Å². The lowest BCUT2D eigenvalue weighted by atomic mass is 9.94. The number of fused-ring (bicyclic) bond motifs is 2. The molecule has 3 heterocycles. The molecular formula is C24H27FN4S. The van der Waals surface area contributed by atoms with Crippen LogP contribution in [0.3, 0.4) is 0 Å². The van der Waals surface area contributed by atoms with Gasteiger partial charge < -0.3 is 10.2 Å². The number of aromatic nitrogens is 1. The first-order valence-corrected chi connectivity index (χ1v) is 11.4. The largest absolute Gasteiger partial charge is 0.381 e. The number of nitrogens with zero attached hydrogens (tertiary/aromatic N) is 3. The molecule has 1 aromatic heterocycles. The number of piperazine rings is 1. The minimum atomic E-state index is -0.171. The van der Waals surface area contributed by atoms with Crippen LogP contribution in [0.25, 0.3) is 15.7 Å². The summed E-state index contributed by atoms with van der Waals surface area (Å²) in [4.78, 5) is 4.83. The van der Waals surface area contributed by atoms with Gasteiger partial charge in [-0.2, -0.15) is 4.37 Å². The van der Waals surface area contributed by atoms with Crippen LogP contribution < -0.4 is 10.2 Å². The molecule has 30 heavy (non-hydrogen) atoms. The van der Waals surface area contributed by atoms with Gasteiger partial charge in [0.25, 0.3) is 0 Å². The zero-order valence-corrected chi connectivity index (χ0v) is 18.4. The SMILES string of the molecule is CC1=C(C)c2cc(CCN3CCN(c4nsc5c(F)cccc45)CC3)ccc2NC1. The van der Waals surface area contributed by atoms with Gasteiger partial charge in [0.2, 0.25) is 0 Å². The van der Waals surface area contributed by atoms with Gasteiger partial charge >= 0.3 is 0 Å². The molecular weight excluding hydrogens is 395 g/mol. The molecule has 0 spiro atoms. The van der Waals surface area contributed by atoms with E-state index in [0.29, 0.717) is 4.70 Å². The first-order chi connectivity index (χ1) is 14.6. The van der Waals surface area contributed by atoms with Gasteiger partial charge in [-0.3, -0.25) is 4.90 Å². The minimum Gasteiger partial charge on any atom is -0.381 e. The minimum absolute atomic E-state index is 0.171. The molecule has 0 saturated carbocycles. The highest BCUT2D eigenvalue weighted by molar-refractivity contribution is 7.13. The Hall–Kier alpha value is -2.44. The number of nitrogens with one attached hydrogen (secondary N) is 1. The van der Waals surface area contributed by atoms with E-state index in [0.717, 1.165) is 56.9 Å². The summed E-state index contributed by atoms with van der Waals surface area (Å²) in [5.74, 6) is 0.768.